The van der Waals surface area contributed by atoms with Crippen LogP contribution in [-0.4, -0.2) is 23.5 Å². The summed E-state index contributed by atoms with van der Waals surface area (Å²) in [5.41, 5.74) is 0.657. The normalized spacial score (nSPS) is 12.2. The Bertz CT molecular complexity index is 503. The topological polar surface area (TPSA) is 66.4 Å². The first kappa shape index (κ1) is 16.8. The predicted molar refractivity (Wildman–Crippen MR) is 79.1 cm³/mol. The highest BCUT2D eigenvalue weighted by Gasteiger charge is 2.22. The van der Waals surface area contributed by atoms with E-state index in [0.717, 1.165) is 0 Å². The molecule has 0 aliphatic heterocycles. The third kappa shape index (κ3) is 5.02. The fourth-order valence-corrected chi connectivity index (χ4v) is 2.21. The third-order valence-corrected chi connectivity index (χ3v) is 3.59. The van der Waals surface area contributed by atoms with E-state index < -0.39 is 11.9 Å². The van der Waals surface area contributed by atoms with Gasteiger partial charge < -0.3 is 10.4 Å². The van der Waals surface area contributed by atoms with Crippen LogP contribution in [0.25, 0.3) is 0 Å². The summed E-state index contributed by atoms with van der Waals surface area (Å²) < 4.78 is 0. The molecule has 1 amide bonds. The minimum absolute atomic E-state index is 0.0491. The molecule has 0 spiro atoms. The molecular formula is C14H17Cl2NO3. The Morgan fingerprint density at radius 1 is 1.30 bits per heavy atom. The first-order valence-electron chi connectivity index (χ1n) is 6.24. The number of carbonyl (C=O) groups excluding carboxylic acids is 1. The Morgan fingerprint density at radius 3 is 2.45 bits per heavy atom. The van der Waals surface area contributed by atoms with E-state index in [9.17, 15) is 9.59 Å². The van der Waals surface area contributed by atoms with Gasteiger partial charge in [-0.05, 0) is 23.6 Å². The SMILES string of the molecule is CC(C)C(CNC(=O)Cc1ccc(Cl)cc1Cl)C(=O)O. The van der Waals surface area contributed by atoms with Crippen LogP contribution in [0.1, 0.15) is 19.4 Å². The van der Waals surface area contributed by atoms with Crippen molar-refractivity contribution in [2.24, 2.45) is 11.8 Å². The van der Waals surface area contributed by atoms with E-state index in [4.69, 9.17) is 28.3 Å². The van der Waals surface area contributed by atoms with Crippen molar-refractivity contribution in [2.45, 2.75) is 20.3 Å². The summed E-state index contributed by atoms with van der Waals surface area (Å²) >= 11 is 11.8. The van der Waals surface area contributed by atoms with E-state index in [1.165, 1.54) is 0 Å². The molecule has 0 fully saturated rings. The van der Waals surface area contributed by atoms with Gasteiger partial charge >= 0.3 is 5.97 Å². The maximum Gasteiger partial charge on any atom is 0.308 e. The van der Waals surface area contributed by atoms with Crippen LogP contribution in [0.15, 0.2) is 18.2 Å². The summed E-state index contributed by atoms with van der Waals surface area (Å²) in [4.78, 5) is 22.8. The molecule has 0 aromatic heterocycles. The number of benzene rings is 1. The molecule has 0 bridgehead atoms. The van der Waals surface area contributed by atoms with E-state index in [2.05, 4.69) is 5.32 Å². The van der Waals surface area contributed by atoms with Gasteiger partial charge in [0.05, 0.1) is 12.3 Å². The fraction of sp³-hybridized carbons (Fsp3) is 0.429. The maximum atomic E-state index is 11.8. The standard InChI is InChI=1S/C14H17Cl2NO3/c1-8(2)11(14(19)20)7-17-13(18)5-9-3-4-10(15)6-12(9)16/h3-4,6,8,11H,5,7H2,1-2H3,(H,17,18)(H,19,20). The molecule has 0 saturated carbocycles. The second-order valence-corrected chi connectivity index (χ2v) is 5.75. The smallest absolute Gasteiger partial charge is 0.308 e. The molecule has 20 heavy (non-hydrogen) atoms. The van der Waals surface area contributed by atoms with Gasteiger partial charge in [0.2, 0.25) is 5.91 Å². The van der Waals surface area contributed by atoms with Crippen molar-refractivity contribution in [1.29, 1.82) is 0 Å². The van der Waals surface area contributed by atoms with Crippen molar-refractivity contribution < 1.29 is 14.7 Å². The second kappa shape index (κ2) is 7.50. The largest absolute Gasteiger partial charge is 0.481 e. The lowest BCUT2D eigenvalue weighted by atomic mass is 9.96. The molecular weight excluding hydrogens is 301 g/mol. The van der Waals surface area contributed by atoms with Crippen molar-refractivity contribution >= 4 is 35.1 Å². The molecule has 0 radical (unpaired) electrons. The van der Waals surface area contributed by atoms with Crippen LogP contribution in [0.5, 0.6) is 0 Å². The van der Waals surface area contributed by atoms with E-state index in [-0.39, 0.29) is 24.8 Å². The molecule has 0 aliphatic carbocycles. The van der Waals surface area contributed by atoms with Gasteiger partial charge in [0.1, 0.15) is 0 Å². The lowest BCUT2D eigenvalue weighted by Gasteiger charge is -2.16. The van der Waals surface area contributed by atoms with E-state index in [1.54, 1.807) is 32.0 Å². The number of nitrogens with one attached hydrogen (secondary N) is 1. The number of hydrogen-bond donors (Lipinski definition) is 2. The molecule has 1 aromatic carbocycles. The van der Waals surface area contributed by atoms with Crippen molar-refractivity contribution in [3.05, 3.63) is 33.8 Å². The highest BCUT2D eigenvalue weighted by Crippen LogP contribution is 2.21. The number of rotatable bonds is 6. The van der Waals surface area contributed by atoms with Crippen molar-refractivity contribution in [1.82, 2.24) is 5.32 Å². The summed E-state index contributed by atoms with van der Waals surface area (Å²) in [5.74, 6) is -1.82. The average molecular weight is 318 g/mol. The molecule has 0 saturated heterocycles. The fourth-order valence-electron chi connectivity index (χ4n) is 1.73. The number of halogens is 2. The van der Waals surface area contributed by atoms with Crippen molar-refractivity contribution in [3.63, 3.8) is 0 Å². The number of carboxylic acids is 1. The Morgan fingerprint density at radius 2 is 1.95 bits per heavy atom. The van der Waals surface area contributed by atoms with E-state index in [1.807, 2.05) is 0 Å². The number of carbonyl (C=O) groups is 2. The van der Waals surface area contributed by atoms with Crippen LogP contribution in [0, 0.1) is 11.8 Å². The van der Waals surface area contributed by atoms with Gasteiger partial charge in [-0.1, -0.05) is 43.1 Å². The quantitative estimate of drug-likeness (QED) is 0.847. The van der Waals surface area contributed by atoms with Gasteiger partial charge in [0.25, 0.3) is 0 Å². The molecule has 4 nitrogen and oxygen atoms in total. The number of aliphatic carboxylic acids is 1. The number of carboxylic acid groups (broad SMARTS) is 1. The molecule has 0 aliphatic rings. The average Bonchev–Trinajstić information content (AvgIpc) is 2.32. The first-order chi connectivity index (χ1) is 9.31. The van der Waals surface area contributed by atoms with Gasteiger partial charge in [-0.25, -0.2) is 0 Å². The molecule has 0 heterocycles. The van der Waals surface area contributed by atoms with Crippen LogP contribution >= 0.6 is 23.2 Å². The molecule has 1 rings (SSSR count). The van der Waals surface area contributed by atoms with Crippen LogP contribution in [-0.2, 0) is 16.0 Å². The molecule has 110 valence electrons. The molecule has 2 N–H and O–H groups in total. The summed E-state index contributed by atoms with van der Waals surface area (Å²) in [6, 6.07) is 4.91. The monoisotopic (exact) mass is 317 g/mol. The van der Waals surface area contributed by atoms with Crippen LogP contribution in [0.3, 0.4) is 0 Å². The van der Waals surface area contributed by atoms with Gasteiger partial charge in [-0.2, -0.15) is 0 Å². The molecule has 1 unspecified atom stereocenters. The minimum Gasteiger partial charge on any atom is -0.481 e. The van der Waals surface area contributed by atoms with Crippen LogP contribution in [0.2, 0.25) is 10.0 Å². The van der Waals surface area contributed by atoms with Gasteiger partial charge in [-0.3, -0.25) is 9.59 Å². The molecule has 1 aromatic rings. The lowest BCUT2D eigenvalue weighted by Crippen LogP contribution is -2.36. The lowest BCUT2D eigenvalue weighted by molar-refractivity contribution is -0.143. The summed E-state index contributed by atoms with van der Waals surface area (Å²) in [7, 11) is 0. The van der Waals surface area contributed by atoms with Gasteiger partial charge in [-0.15, -0.1) is 0 Å². The Hall–Kier alpha value is -1.26. The predicted octanol–water partition coefficient (Wildman–Crippen LogP) is 3.01. The van der Waals surface area contributed by atoms with E-state index in [0.29, 0.717) is 15.6 Å². The zero-order valence-corrected chi connectivity index (χ0v) is 12.8. The number of hydrogen-bond acceptors (Lipinski definition) is 2. The highest BCUT2D eigenvalue weighted by molar-refractivity contribution is 6.35. The van der Waals surface area contributed by atoms with Crippen molar-refractivity contribution in [2.75, 3.05) is 6.54 Å². The number of amides is 1. The Kier molecular flexibility index (Phi) is 6.30. The summed E-state index contributed by atoms with van der Waals surface area (Å²) in [6.07, 6.45) is 0.0977. The minimum atomic E-state index is -0.912. The highest BCUT2D eigenvalue weighted by atomic mass is 35.5. The molecule has 1 atom stereocenters. The zero-order valence-electron chi connectivity index (χ0n) is 11.3. The zero-order chi connectivity index (χ0) is 15.3. The van der Waals surface area contributed by atoms with Crippen LogP contribution < -0.4 is 5.32 Å². The Labute approximate surface area is 128 Å². The summed E-state index contributed by atoms with van der Waals surface area (Å²) in [6.45, 7) is 3.72. The van der Waals surface area contributed by atoms with Gasteiger partial charge in [0, 0.05) is 16.6 Å². The van der Waals surface area contributed by atoms with Gasteiger partial charge in [0.15, 0.2) is 0 Å². The third-order valence-electron chi connectivity index (χ3n) is 3.01. The maximum absolute atomic E-state index is 11.8. The molecule has 6 heteroatoms. The van der Waals surface area contributed by atoms with Crippen molar-refractivity contribution in [3.8, 4) is 0 Å². The van der Waals surface area contributed by atoms with E-state index >= 15 is 0 Å². The summed E-state index contributed by atoms with van der Waals surface area (Å²) in [5, 5.41) is 12.6. The Balaban J connectivity index is 2.57. The second-order valence-electron chi connectivity index (χ2n) is 4.91. The first-order valence-corrected chi connectivity index (χ1v) is 7.00. The van der Waals surface area contributed by atoms with Crippen LogP contribution in [0.4, 0.5) is 0 Å².